The highest BCUT2D eigenvalue weighted by Crippen LogP contribution is 2.26. The Bertz CT molecular complexity index is 1390. The largest absolute Gasteiger partial charge is 0.465 e. The first kappa shape index (κ1) is 27.1. The van der Waals surface area contributed by atoms with Crippen LogP contribution in [0, 0.1) is 0 Å². The molecule has 1 fully saturated rings. The van der Waals surface area contributed by atoms with Crippen LogP contribution in [0.4, 0.5) is 10.7 Å². The third-order valence-corrected chi connectivity index (χ3v) is 6.83. The number of piperazine rings is 1. The maximum atomic E-state index is 12.7. The van der Waals surface area contributed by atoms with E-state index in [1.807, 2.05) is 12.1 Å². The van der Waals surface area contributed by atoms with Gasteiger partial charge < -0.3 is 20.1 Å². The van der Waals surface area contributed by atoms with Crippen LogP contribution in [0.2, 0.25) is 0 Å². The zero-order chi connectivity index (χ0) is 28.4. The van der Waals surface area contributed by atoms with Gasteiger partial charge in [-0.3, -0.25) is 19.2 Å². The van der Waals surface area contributed by atoms with E-state index in [1.165, 1.54) is 15.8 Å². The summed E-state index contributed by atoms with van der Waals surface area (Å²) in [6, 6.07) is 8.60. The smallest absolute Gasteiger partial charge is 0.407 e. The molecular formula is C28H33N7O5. The summed E-state index contributed by atoms with van der Waals surface area (Å²) in [7, 11) is 0. The molecule has 0 saturated carbocycles. The van der Waals surface area contributed by atoms with Crippen LogP contribution in [0.25, 0.3) is 11.1 Å². The number of aromatic nitrogens is 4. The van der Waals surface area contributed by atoms with E-state index in [2.05, 4.69) is 32.5 Å². The molecule has 0 radical (unpaired) electrons. The molecular weight excluding hydrogens is 514 g/mol. The van der Waals surface area contributed by atoms with Crippen molar-refractivity contribution in [2.45, 2.75) is 58.3 Å². The Morgan fingerprint density at radius 1 is 1.10 bits per heavy atom. The first-order valence-corrected chi connectivity index (χ1v) is 13.2. The van der Waals surface area contributed by atoms with Gasteiger partial charge >= 0.3 is 12.1 Å². The SMILES string of the molecule is CC(C)(C)OC(=O)Cn1cc(-c2cnc(NC3Cc4ccccc4C3)nc2)c(CN2CCN(C(=O)O)CC2=O)n1. The van der Waals surface area contributed by atoms with Gasteiger partial charge in [0, 0.05) is 48.8 Å². The molecule has 2 aromatic heterocycles. The van der Waals surface area contributed by atoms with Crippen molar-refractivity contribution in [1.82, 2.24) is 29.5 Å². The van der Waals surface area contributed by atoms with Crippen molar-refractivity contribution >= 4 is 23.9 Å². The molecule has 2 N–H and O–H groups in total. The molecule has 1 saturated heterocycles. The number of nitrogens with zero attached hydrogens (tertiary/aromatic N) is 6. The summed E-state index contributed by atoms with van der Waals surface area (Å²) in [6.07, 6.45) is 5.80. The van der Waals surface area contributed by atoms with Gasteiger partial charge in [-0.05, 0) is 44.7 Å². The number of rotatable bonds is 7. The number of nitrogens with one attached hydrogen (secondary N) is 1. The van der Waals surface area contributed by atoms with E-state index in [4.69, 9.17) is 4.74 Å². The van der Waals surface area contributed by atoms with Crippen molar-refractivity contribution < 1.29 is 24.2 Å². The van der Waals surface area contributed by atoms with Gasteiger partial charge in [-0.15, -0.1) is 0 Å². The number of hydrogen-bond donors (Lipinski definition) is 2. The molecule has 0 unspecified atom stereocenters. The fourth-order valence-electron chi connectivity index (χ4n) is 5.01. The summed E-state index contributed by atoms with van der Waals surface area (Å²) < 4.78 is 6.93. The Kier molecular flexibility index (Phi) is 7.42. The molecule has 12 heteroatoms. The number of benzene rings is 1. The Balaban J connectivity index is 1.33. The molecule has 1 aromatic carbocycles. The first-order chi connectivity index (χ1) is 19.0. The first-order valence-electron chi connectivity index (χ1n) is 13.2. The Hall–Kier alpha value is -4.48. The number of carbonyl (C=O) groups excluding carboxylic acids is 2. The van der Waals surface area contributed by atoms with Gasteiger partial charge in [0.15, 0.2) is 0 Å². The standard InChI is InChI=1S/C28H33N7O5/c1-28(2,3)40-25(37)17-35-14-22(23(32-35)15-33-8-9-34(27(38)39)16-24(33)36)20-12-29-26(30-13-20)31-21-10-18-6-4-5-7-19(18)11-21/h4-7,12-14,21H,8-11,15-17H2,1-3H3,(H,38,39)(H,29,30,31). The Labute approximate surface area is 232 Å². The zero-order valence-corrected chi connectivity index (χ0v) is 22.8. The van der Waals surface area contributed by atoms with Crippen molar-refractivity contribution in [1.29, 1.82) is 0 Å². The minimum atomic E-state index is -1.12. The molecule has 1 aliphatic heterocycles. The van der Waals surface area contributed by atoms with Crippen LogP contribution in [0.1, 0.15) is 37.6 Å². The third-order valence-electron chi connectivity index (χ3n) is 6.83. The normalized spacial score (nSPS) is 15.7. The number of carbonyl (C=O) groups is 3. The molecule has 0 spiro atoms. The topological polar surface area (TPSA) is 143 Å². The van der Waals surface area contributed by atoms with Gasteiger partial charge in [0.2, 0.25) is 11.9 Å². The number of anilines is 1. The minimum Gasteiger partial charge on any atom is -0.465 e. The lowest BCUT2D eigenvalue weighted by Crippen LogP contribution is -2.51. The van der Waals surface area contributed by atoms with Crippen LogP contribution < -0.4 is 5.32 Å². The van der Waals surface area contributed by atoms with Gasteiger partial charge in [-0.2, -0.15) is 5.10 Å². The highest BCUT2D eigenvalue weighted by molar-refractivity contribution is 5.83. The number of fused-ring (bicyclic) bond motifs is 1. The lowest BCUT2D eigenvalue weighted by atomic mass is 10.1. The molecule has 2 aliphatic rings. The van der Waals surface area contributed by atoms with Crippen LogP contribution in [0.15, 0.2) is 42.9 Å². The highest BCUT2D eigenvalue weighted by atomic mass is 16.6. The lowest BCUT2D eigenvalue weighted by Gasteiger charge is -2.32. The quantitative estimate of drug-likeness (QED) is 0.427. The van der Waals surface area contributed by atoms with Crippen LogP contribution in [0.3, 0.4) is 0 Å². The van der Waals surface area contributed by atoms with Crippen molar-refractivity contribution in [3.05, 3.63) is 59.7 Å². The predicted octanol–water partition coefficient (Wildman–Crippen LogP) is 2.58. The second kappa shape index (κ2) is 10.9. The van der Waals surface area contributed by atoms with Crippen molar-refractivity contribution in [2.24, 2.45) is 0 Å². The average molecular weight is 548 g/mol. The molecule has 3 aromatic rings. The van der Waals surface area contributed by atoms with Gasteiger partial charge in [0.05, 0.1) is 12.2 Å². The van der Waals surface area contributed by atoms with E-state index in [-0.39, 0.29) is 44.7 Å². The fraction of sp³-hybridized carbons (Fsp3) is 0.429. The van der Waals surface area contributed by atoms with Gasteiger partial charge in [-0.25, -0.2) is 14.8 Å². The van der Waals surface area contributed by atoms with Gasteiger partial charge in [0.1, 0.15) is 18.7 Å². The van der Waals surface area contributed by atoms with Crippen molar-refractivity contribution in [3.8, 4) is 11.1 Å². The Morgan fingerprint density at radius 3 is 2.38 bits per heavy atom. The number of esters is 1. The molecule has 1 aliphatic carbocycles. The maximum absolute atomic E-state index is 12.7. The summed E-state index contributed by atoms with van der Waals surface area (Å²) in [5, 5.41) is 17.2. The number of ether oxygens (including phenoxy) is 1. The maximum Gasteiger partial charge on any atom is 0.407 e. The van der Waals surface area contributed by atoms with Crippen LogP contribution in [-0.2, 0) is 40.3 Å². The lowest BCUT2D eigenvalue weighted by molar-refractivity contribution is -0.155. The van der Waals surface area contributed by atoms with E-state index >= 15 is 0 Å². The van der Waals surface area contributed by atoms with Crippen molar-refractivity contribution in [3.63, 3.8) is 0 Å². The van der Waals surface area contributed by atoms with E-state index in [9.17, 15) is 19.5 Å². The number of amides is 2. The fourth-order valence-corrected chi connectivity index (χ4v) is 5.01. The van der Waals surface area contributed by atoms with Crippen LogP contribution in [0.5, 0.6) is 0 Å². The summed E-state index contributed by atoms with van der Waals surface area (Å²) >= 11 is 0. The van der Waals surface area contributed by atoms with Crippen LogP contribution >= 0.6 is 0 Å². The summed E-state index contributed by atoms with van der Waals surface area (Å²) in [5.41, 5.74) is 3.94. The monoisotopic (exact) mass is 547 g/mol. The second-order valence-corrected chi connectivity index (χ2v) is 11.1. The highest BCUT2D eigenvalue weighted by Gasteiger charge is 2.29. The minimum absolute atomic E-state index is 0.103. The van der Waals surface area contributed by atoms with E-state index < -0.39 is 17.7 Å². The molecule has 0 bridgehead atoms. The average Bonchev–Trinajstić information content (AvgIpc) is 3.47. The van der Waals surface area contributed by atoms with Crippen LogP contribution in [-0.4, -0.2) is 83.9 Å². The summed E-state index contributed by atoms with van der Waals surface area (Å²) in [5.74, 6) is -0.230. The van der Waals surface area contributed by atoms with Crippen molar-refractivity contribution in [2.75, 3.05) is 25.0 Å². The molecule has 12 nitrogen and oxygen atoms in total. The van der Waals surface area contributed by atoms with E-state index in [1.54, 1.807) is 44.3 Å². The number of carboxylic acid groups (broad SMARTS) is 1. The number of hydrogen-bond acceptors (Lipinski definition) is 8. The van der Waals surface area contributed by atoms with E-state index in [0.717, 1.165) is 17.7 Å². The molecule has 0 atom stereocenters. The summed E-state index contributed by atoms with van der Waals surface area (Å²) in [6.45, 7) is 5.68. The zero-order valence-electron chi connectivity index (χ0n) is 22.8. The molecule has 210 valence electrons. The van der Waals surface area contributed by atoms with E-state index in [0.29, 0.717) is 22.8 Å². The molecule has 5 rings (SSSR count). The predicted molar refractivity (Wildman–Crippen MR) is 145 cm³/mol. The third kappa shape index (κ3) is 6.38. The molecule has 2 amide bonds. The van der Waals surface area contributed by atoms with Gasteiger partial charge in [0.25, 0.3) is 0 Å². The molecule has 3 heterocycles. The van der Waals surface area contributed by atoms with Gasteiger partial charge in [-0.1, -0.05) is 24.3 Å². The Morgan fingerprint density at radius 2 is 1.77 bits per heavy atom. The summed E-state index contributed by atoms with van der Waals surface area (Å²) in [4.78, 5) is 48.1. The second-order valence-electron chi connectivity index (χ2n) is 11.1. The molecule has 40 heavy (non-hydrogen) atoms.